The Bertz CT molecular complexity index is 745. The van der Waals surface area contributed by atoms with Crippen LogP contribution in [0.25, 0.3) is 5.69 Å². The number of carbonyl (C=O) groups excluding carboxylic acids is 2. The fourth-order valence-corrected chi connectivity index (χ4v) is 3.15. The number of hydrogen-bond acceptors (Lipinski definition) is 4. The van der Waals surface area contributed by atoms with Gasteiger partial charge in [-0.3, -0.25) is 10.1 Å². The van der Waals surface area contributed by atoms with Gasteiger partial charge in [0.15, 0.2) is 0 Å². The highest BCUT2D eigenvalue weighted by molar-refractivity contribution is 5.88. The molecule has 0 bridgehead atoms. The molecule has 0 spiro atoms. The van der Waals surface area contributed by atoms with E-state index in [1.165, 1.54) is 0 Å². The normalized spacial score (nSPS) is 17.6. The third kappa shape index (κ3) is 4.60. The van der Waals surface area contributed by atoms with Gasteiger partial charge in [0.05, 0.1) is 17.8 Å². The molecular weight excluding hydrogens is 332 g/mol. The van der Waals surface area contributed by atoms with E-state index in [0.717, 1.165) is 25.1 Å². The highest BCUT2D eigenvalue weighted by atomic mass is 16.2. The van der Waals surface area contributed by atoms with Crippen LogP contribution < -0.4 is 16.4 Å². The molecule has 0 aliphatic carbocycles. The highest BCUT2D eigenvalue weighted by Gasteiger charge is 2.23. The SMILES string of the molecule is NC(=O)[C@@H]1CCCN(CCNC(=O)Nc2ccnn2-c2ccccc2)C1. The van der Waals surface area contributed by atoms with Crippen molar-refractivity contribution in [1.29, 1.82) is 0 Å². The zero-order valence-corrected chi connectivity index (χ0v) is 14.6. The van der Waals surface area contributed by atoms with E-state index in [0.29, 0.717) is 25.5 Å². The summed E-state index contributed by atoms with van der Waals surface area (Å²) in [7, 11) is 0. The molecule has 138 valence electrons. The molecule has 8 heteroatoms. The van der Waals surface area contributed by atoms with Crippen LogP contribution in [0.5, 0.6) is 0 Å². The number of benzene rings is 1. The van der Waals surface area contributed by atoms with Gasteiger partial charge in [0.1, 0.15) is 5.82 Å². The van der Waals surface area contributed by atoms with Crippen LogP contribution in [0.15, 0.2) is 42.6 Å². The van der Waals surface area contributed by atoms with Crippen LogP contribution in [0, 0.1) is 5.92 Å². The van der Waals surface area contributed by atoms with Gasteiger partial charge in [0.25, 0.3) is 0 Å². The van der Waals surface area contributed by atoms with Gasteiger partial charge in [0, 0.05) is 25.7 Å². The largest absolute Gasteiger partial charge is 0.369 e. The summed E-state index contributed by atoms with van der Waals surface area (Å²) in [5, 5.41) is 9.89. The summed E-state index contributed by atoms with van der Waals surface area (Å²) in [6, 6.07) is 11.1. The Balaban J connectivity index is 1.47. The third-order valence-electron chi connectivity index (χ3n) is 4.51. The van der Waals surface area contributed by atoms with Gasteiger partial charge in [-0.25, -0.2) is 9.48 Å². The van der Waals surface area contributed by atoms with Gasteiger partial charge >= 0.3 is 6.03 Å². The second kappa shape index (κ2) is 8.48. The van der Waals surface area contributed by atoms with Crippen LogP contribution in [0.2, 0.25) is 0 Å². The van der Waals surface area contributed by atoms with Gasteiger partial charge in [-0.1, -0.05) is 18.2 Å². The second-order valence-corrected chi connectivity index (χ2v) is 6.39. The Morgan fingerprint density at radius 3 is 2.81 bits per heavy atom. The number of piperidine rings is 1. The number of amides is 3. The third-order valence-corrected chi connectivity index (χ3v) is 4.51. The minimum Gasteiger partial charge on any atom is -0.369 e. The first-order valence-corrected chi connectivity index (χ1v) is 8.79. The molecule has 1 aromatic heterocycles. The quantitative estimate of drug-likeness (QED) is 0.723. The maximum atomic E-state index is 12.2. The monoisotopic (exact) mass is 356 g/mol. The van der Waals surface area contributed by atoms with E-state index >= 15 is 0 Å². The van der Waals surface area contributed by atoms with Crippen LogP contribution in [0.1, 0.15) is 12.8 Å². The van der Waals surface area contributed by atoms with Crippen molar-refractivity contribution in [2.24, 2.45) is 11.7 Å². The fraction of sp³-hybridized carbons (Fsp3) is 0.389. The zero-order valence-electron chi connectivity index (χ0n) is 14.6. The summed E-state index contributed by atoms with van der Waals surface area (Å²) < 4.78 is 1.67. The van der Waals surface area contributed by atoms with E-state index in [4.69, 9.17) is 5.73 Å². The average molecular weight is 356 g/mol. The number of urea groups is 1. The molecule has 26 heavy (non-hydrogen) atoms. The number of aromatic nitrogens is 2. The first kappa shape index (κ1) is 17.9. The summed E-state index contributed by atoms with van der Waals surface area (Å²) in [5.41, 5.74) is 6.26. The molecular formula is C18H24N6O2. The van der Waals surface area contributed by atoms with E-state index in [9.17, 15) is 9.59 Å². The molecule has 3 rings (SSSR count). The van der Waals surface area contributed by atoms with Crippen LogP contribution >= 0.6 is 0 Å². The predicted octanol–water partition coefficient (Wildman–Crippen LogP) is 1.19. The summed E-state index contributed by atoms with van der Waals surface area (Å²) in [5.74, 6) is 0.271. The minimum absolute atomic E-state index is 0.0854. The zero-order chi connectivity index (χ0) is 18.4. The number of primary amides is 1. The lowest BCUT2D eigenvalue weighted by Gasteiger charge is -2.31. The lowest BCUT2D eigenvalue weighted by atomic mass is 9.97. The minimum atomic E-state index is -0.286. The summed E-state index contributed by atoms with van der Waals surface area (Å²) in [4.78, 5) is 25.6. The van der Waals surface area contributed by atoms with Crippen molar-refractivity contribution in [3.8, 4) is 5.69 Å². The molecule has 1 saturated heterocycles. The number of nitrogens with two attached hydrogens (primary N) is 1. The van der Waals surface area contributed by atoms with E-state index in [1.807, 2.05) is 30.3 Å². The summed E-state index contributed by atoms with van der Waals surface area (Å²) in [6.07, 6.45) is 3.44. The Morgan fingerprint density at radius 2 is 2.04 bits per heavy atom. The number of nitrogens with one attached hydrogen (secondary N) is 2. The maximum Gasteiger partial charge on any atom is 0.320 e. The summed E-state index contributed by atoms with van der Waals surface area (Å²) in [6.45, 7) is 2.78. The molecule has 4 N–H and O–H groups in total. The van der Waals surface area contributed by atoms with Gasteiger partial charge < -0.3 is 16.0 Å². The van der Waals surface area contributed by atoms with Crippen molar-refractivity contribution in [3.05, 3.63) is 42.6 Å². The Kier molecular flexibility index (Phi) is 5.85. The highest BCUT2D eigenvalue weighted by Crippen LogP contribution is 2.16. The molecule has 1 aromatic carbocycles. The Labute approximate surface area is 152 Å². The number of likely N-dealkylation sites (tertiary alicyclic amines) is 1. The van der Waals surface area contributed by atoms with Crippen LogP contribution in [0.3, 0.4) is 0 Å². The molecule has 2 aromatic rings. The van der Waals surface area contributed by atoms with Crippen molar-refractivity contribution >= 4 is 17.8 Å². The molecule has 0 unspecified atom stereocenters. The smallest absolute Gasteiger partial charge is 0.320 e. The fourth-order valence-electron chi connectivity index (χ4n) is 3.15. The maximum absolute atomic E-state index is 12.2. The lowest BCUT2D eigenvalue weighted by Crippen LogP contribution is -2.44. The lowest BCUT2D eigenvalue weighted by molar-refractivity contribution is -0.123. The Hall–Kier alpha value is -2.87. The van der Waals surface area contributed by atoms with Crippen molar-refractivity contribution in [3.63, 3.8) is 0 Å². The molecule has 1 fully saturated rings. The molecule has 0 saturated carbocycles. The standard InChI is InChI=1S/C18H24N6O2/c19-17(25)14-5-4-11-23(13-14)12-10-20-18(26)22-16-8-9-21-24(16)15-6-2-1-3-7-15/h1-3,6-9,14H,4-5,10-13H2,(H2,19,25)(H2,20,22,26)/t14-/m1/s1. The van der Waals surface area contributed by atoms with Gasteiger partial charge in [-0.2, -0.15) is 5.10 Å². The number of para-hydroxylation sites is 1. The van der Waals surface area contributed by atoms with Crippen LogP contribution in [-0.4, -0.2) is 52.8 Å². The van der Waals surface area contributed by atoms with Gasteiger partial charge in [-0.05, 0) is 31.5 Å². The number of carbonyl (C=O) groups is 2. The molecule has 1 aliphatic rings. The molecule has 3 amide bonds. The number of anilines is 1. The van der Waals surface area contributed by atoms with E-state index < -0.39 is 0 Å². The van der Waals surface area contributed by atoms with Crippen molar-refractivity contribution in [1.82, 2.24) is 20.0 Å². The average Bonchev–Trinajstić information content (AvgIpc) is 3.10. The van der Waals surface area contributed by atoms with Gasteiger partial charge in [-0.15, -0.1) is 0 Å². The van der Waals surface area contributed by atoms with E-state index in [1.54, 1.807) is 16.9 Å². The number of hydrogen-bond donors (Lipinski definition) is 3. The Morgan fingerprint density at radius 1 is 1.23 bits per heavy atom. The first-order valence-electron chi connectivity index (χ1n) is 8.79. The van der Waals surface area contributed by atoms with Gasteiger partial charge in [0.2, 0.25) is 5.91 Å². The second-order valence-electron chi connectivity index (χ2n) is 6.39. The van der Waals surface area contributed by atoms with E-state index in [-0.39, 0.29) is 17.9 Å². The molecule has 8 nitrogen and oxygen atoms in total. The van der Waals surface area contributed by atoms with Crippen LogP contribution in [-0.2, 0) is 4.79 Å². The topological polar surface area (TPSA) is 105 Å². The van der Waals surface area contributed by atoms with Crippen molar-refractivity contribution in [2.45, 2.75) is 12.8 Å². The van der Waals surface area contributed by atoms with Crippen molar-refractivity contribution < 1.29 is 9.59 Å². The van der Waals surface area contributed by atoms with Crippen LogP contribution in [0.4, 0.5) is 10.6 Å². The number of nitrogens with zero attached hydrogens (tertiary/aromatic N) is 3. The molecule has 2 heterocycles. The summed E-state index contributed by atoms with van der Waals surface area (Å²) >= 11 is 0. The molecule has 1 atom stereocenters. The van der Waals surface area contributed by atoms with Crippen molar-refractivity contribution in [2.75, 3.05) is 31.5 Å². The first-order chi connectivity index (χ1) is 12.6. The molecule has 1 aliphatic heterocycles. The van der Waals surface area contributed by atoms with E-state index in [2.05, 4.69) is 20.6 Å². The molecule has 0 radical (unpaired) electrons. The predicted molar refractivity (Wildman–Crippen MR) is 98.9 cm³/mol. The number of rotatable bonds is 6.